The Morgan fingerprint density at radius 2 is 0.740 bits per heavy atom. The number of hydrogen-bond donors (Lipinski definition) is 8. The Balaban J connectivity index is 1.51. The summed E-state index contributed by atoms with van der Waals surface area (Å²) in [5.74, 6) is -2.99. The molecule has 0 aliphatic rings. The van der Waals surface area contributed by atoms with Crippen LogP contribution in [0.25, 0.3) is 0 Å². The normalized spacial score (nSPS) is 12.5. The van der Waals surface area contributed by atoms with Crippen molar-refractivity contribution in [3.8, 4) is 23.0 Å². The number of ether oxygens (including phenoxy) is 4. The Morgan fingerprint density at radius 3 is 1.09 bits per heavy atom. The van der Waals surface area contributed by atoms with Gasteiger partial charge in [-0.15, -0.1) is 0 Å². The second kappa shape index (κ2) is 31.5. The lowest BCUT2D eigenvalue weighted by atomic mass is 9.96. The van der Waals surface area contributed by atoms with E-state index in [9.17, 15) is 38.4 Å². The summed E-state index contributed by atoms with van der Waals surface area (Å²) < 4.78 is 21.7. The third-order valence-electron chi connectivity index (χ3n) is 13.1. The molecule has 4 aromatic rings. The molecule has 4 amide bonds. The first kappa shape index (κ1) is 62.0. The summed E-state index contributed by atoms with van der Waals surface area (Å²) in [5, 5.41) is 8.44. The lowest BCUT2D eigenvalue weighted by molar-refractivity contribution is -0.121. The van der Waals surface area contributed by atoms with Crippen LogP contribution < -0.4 is 63.6 Å². The van der Waals surface area contributed by atoms with Crippen LogP contribution in [0.3, 0.4) is 0 Å². The topological polar surface area (TPSA) is 340 Å². The zero-order chi connectivity index (χ0) is 56.6. The summed E-state index contributed by atoms with van der Waals surface area (Å²) in [6.07, 6.45) is 4.13. The zero-order valence-electron chi connectivity index (χ0n) is 44.8. The third-order valence-corrected chi connectivity index (χ3v) is 13.1. The maximum Gasteiger partial charge on any atom is 0.255 e. The lowest BCUT2D eigenvalue weighted by Crippen LogP contribution is -2.42. The highest BCUT2D eigenvalue weighted by Crippen LogP contribution is 2.26. The summed E-state index contributed by atoms with van der Waals surface area (Å²) in [5.41, 5.74) is 31.1. The van der Waals surface area contributed by atoms with Crippen molar-refractivity contribution in [1.82, 2.24) is 16.0 Å². The van der Waals surface area contributed by atoms with Gasteiger partial charge in [-0.05, 0) is 149 Å². The third kappa shape index (κ3) is 18.6. The molecule has 4 aromatic carbocycles. The molecule has 0 heterocycles. The van der Waals surface area contributed by atoms with Crippen LogP contribution in [0.4, 0.5) is 0 Å². The number of benzene rings is 4. The minimum atomic E-state index is -1.01. The van der Waals surface area contributed by atoms with Gasteiger partial charge >= 0.3 is 0 Å². The van der Waals surface area contributed by atoms with Crippen molar-refractivity contribution in [2.75, 3.05) is 48.1 Å². The highest BCUT2D eigenvalue weighted by Gasteiger charge is 2.28. The second-order valence-electron chi connectivity index (χ2n) is 18.8. The number of primary amides is 1. The first-order valence-electron chi connectivity index (χ1n) is 25.8. The zero-order valence-corrected chi connectivity index (χ0v) is 44.8. The number of ketones is 4. The van der Waals surface area contributed by atoms with Gasteiger partial charge in [-0.2, -0.15) is 0 Å². The van der Waals surface area contributed by atoms with Crippen molar-refractivity contribution in [2.45, 2.75) is 115 Å². The Labute approximate surface area is 450 Å². The van der Waals surface area contributed by atoms with Gasteiger partial charge in [0.2, 0.25) is 0 Å². The maximum absolute atomic E-state index is 14.2. The van der Waals surface area contributed by atoms with E-state index >= 15 is 0 Å². The van der Waals surface area contributed by atoms with Gasteiger partial charge in [0, 0.05) is 25.7 Å². The van der Waals surface area contributed by atoms with Crippen molar-refractivity contribution >= 4 is 46.8 Å². The number of carbonyl (C=O) groups is 8. The molecule has 0 aliphatic heterocycles. The molecule has 13 N–H and O–H groups in total. The second-order valence-corrected chi connectivity index (χ2v) is 18.8. The Morgan fingerprint density at radius 1 is 0.429 bits per heavy atom. The van der Waals surface area contributed by atoms with E-state index < -0.39 is 47.8 Å². The standard InChI is InChI=1S/C57H76N8O12/c1-34(46(66)30-35-15-19-50(74-2)39(26-35)54(62)70)63-55(71)40-28-37(17-21-51(40)75-3)32-48(68)44(13-7-10-24-59)65-57(73)42-29-38(18-22-53(42)77-5)33-49(69)45(14-8-11-25-60)64-56(72)41-27-36(16-20-52(41)76-4)31-47(67)43(61)12-6-9-23-58/h15-22,26-29,34,43-45H,6-14,23-25,30-33,58-61H2,1-5H3,(H2,62,70)(H,63,71)(H,64,72)(H,65,73)/t34-,43-,44-,45-/m0/s1. The van der Waals surface area contributed by atoms with E-state index in [1.54, 1.807) is 42.5 Å². The van der Waals surface area contributed by atoms with Gasteiger partial charge in [-0.3, -0.25) is 38.4 Å². The Kier molecular flexibility index (Phi) is 25.4. The summed E-state index contributed by atoms with van der Waals surface area (Å²) in [6.45, 7) is 2.75. The predicted octanol–water partition coefficient (Wildman–Crippen LogP) is 3.40. The summed E-state index contributed by atoms with van der Waals surface area (Å²) in [6, 6.07) is 15.1. The number of Topliss-reactive ketones (excluding diaryl/α,β-unsaturated/α-hetero) is 4. The van der Waals surface area contributed by atoms with Crippen LogP contribution in [0, 0.1) is 0 Å². The molecular formula is C57H76N8O12. The van der Waals surface area contributed by atoms with Gasteiger partial charge in [0.1, 0.15) is 23.0 Å². The molecule has 4 atom stereocenters. The average molecular weight is 1070 g/mol. The van der Waals surface area contributed by atoms with Crippen LogP contribution in [-0.4, -0.2) is 119 Å². The van der Waals surface area contributed by atoms with Crippen molar-refractivity contribution < 1.29 is 57.3 Å². The molecule has 0 unspecified atom stereocenters. The van der Waals surface area contributed by atoms with E-state index in [0.717, 1.165) is 6.42 Å². The molecule has 4 rings (SSSR count). The predicted molar refractivity (Wildman–Crippen MR) is 291 cm³/mol. The monoisotopic (exact) mass is 1060 g/mol. The molecule has 0 aliphatic carbocycles. The van der Waals surface area contributed by atoms with Gasteiger partial charge < -0.3 is 63.6 Å². The van der Waals surface area contributed by atoms with Gasteiger partial charge in [0.25, 0.3) is 23.6 Å². The molecule has 0 bridgehead atoms. The van der Waals surface area contributed by atoms with E-state index in [4.69, 9.17) is 47.6 Å². The van der Waals surface area contributed by atoms with Gasteiger partial charge in [-0.1, -0.05) is 30.7 Å². The fraction of sp³-hybridized carbons (Fsp3) is 0.439. The van der Waals surface area contributed by atoms with E-state index in [2.05, 4.69) is 16.0 Å². The molecule has 0 saturated heterocycles. The summed E-state index contributed by atoms with van der Waals surface area (Å²) >= 11 is 0. The smallest absolute Gasteiger partial charge is 0.255 e. The quantitative estimate of drug-likeness (QED) is 0.0306. The highest BCUT2D eigenvalue weighted by atomic mass is 16.5. The van der Waals surface area contributed by atoms with E-state index in [1.165, 1.54) is 65.7 Å². The average Bonchev–Trinajstić information content (AvgIpc) is 3.42. The van der Waals surface area contributed by atoms with Crippen LogP contribution in [0.2, 0.25) is 0 Å². The molecule has 416 valence electrons. The molecule has 0 radical (unpaired) electrons. The Bertz CT molecular complexity index is 2710. The van der Waals surface area contributed by atoms with Crippen LogP contribution in [0.5, 0.6) is 23.0 Å². The number of carbonyl (C=O) groups excluding carboxylic acids is 8. The van der Waals surface area contributed by atoms with Gasteiger partial charge in [-0.25, -0.2) is 0 Å². The first-order chi connectivity index (χ1) is 36.9. The number of nitrogens with two attached hydrogens (primary N) is 5. The fourth-order valence-corrected chi connectivity index (χ4v) is 8.63. The van der Waals surface area contributed by atoms with Crippen LogP contribution in [0.1, 0.15) is 128 Å². The molecule has 0 aromatic heterocycles. The molecule has 77 heavy (non-hydrogen) atoms. The minimum Gasteiger partial charge on any atom is -0.496 e. The Hall–Kier alpha value is -7.52. The maximum atomic E-state index is 14.2. The fourth-order valence-electron chi connectivity index (χ4n) is 8.63. The van der Waals surface area contributed by atoms with Crippen molar-refractivity contribution in [2.24, 2.45) is 28.7 Å². The molecule has 20 nitrogen and oxygen atoms in total. The van der Waals surface area contributed by atoms with Crippen molar-refractivity contribution in [3.05, 3.63) is 117 Å². The molecule has 20 heteroatoms. The lowest BCUT2D eigenvalue weighted by Gasteiger charge is -2.21. The van der Waals surface area contributed by atoms with Crippen LogP contribution in [0.15, 0.2) is 72.8 Å². The number of amides is 4. The number of rotatable bonds is 35. The SMILES string of the molecule is COc1ccc(CC(=O)[C@H](C)NC(=O)c2cc(CC(=O)[C@H](CCCCN)NC(=O)c3cc(CC(=O)[C@H](CCCCN)NC(=O)c4cc(CC(=O)[C@@H](N)CCCCN)ccc4OC)ccc3OC)ccc2OC)cc1C(N)=O. The summed E-state index contributed by atoms with van der Waals surface area (Å²) in [7, 11) is 5.57. The molecule has 0 saturated carbocycles. The van der Waals surface area contributed by atoms with Gasteiger partial charge in [0.15, 0.2) is 23.1 Å². The van der Waals surface area contributed by atoms with Crippen LogP contribution >= 0.6 is 0 Å². The minimum absolute atomic E-state index is 0.00380. The van der Waals surface area contributed by atoms with E-state index in [1.807, 2.05) is 0 Å². The number of nitrogens with one attached hydrogen (secondary N) is 3. The number of methoxy groups -OCH3 is 4. The van der Waals surface area contributed by atoms with E-state index in [0.29, 0.717) is 80.4 Å². The summed E-state index contributed by atoms with van der Waals surface area (Å²) in [4.78, 5) is 108. The first-order valence-corrected chi connectivity index (χ1v) is 25.8. The van der Waals surface area contributed by atoms with Crippen molar-refractivity contribution in [1.29, 1.82) is 0 Å². The highest BCUT2D eigenvalue weighted by molar-refractivity contribution is 6.03. The molecule has 0 spiro atoms. The van der Waals surface area contributed by atoms with Crippen LogP contribution in [-0.2, 0) is 44.9 Å². The molecule has 0 fully saturated rings. The van der Waals surface area contributed by atoms with Crippen molar-refractivity contribution in [3.63, 3.8) is 0 Å². The largest absolute Gasteiger partial charge is 0.496 e. The van der Waals surface area contributed by atoms with E-state index in [-0.39, 0.29) is 107 Å². The number of unbranched alkanes of at least 4 members (excludes halogenated alkanes) is 3. The number of hydrogen-bond acceptors (Lipinski definition) is 16. The van der Waals surface area contributed by atoms with Gasteiger partial charge in [0.05, 0.1) is 74.9 Å². The molecular weight excluding hydrogens is 989 g/mol.